The Morgan fingerprint density at radius 3 is 2.43 bits per heavy atom. The molecule has 0 spiro atoms. The normalized spacial score (nSPS) is 35.9. The molecular weight excluding hydrogens is 603 g/mol. The van der Waals surface area contributed by atoms with Gasteiger partial charge in [0, 0.05) is 25.5 Å². The quantitative estimate of drug-likeness (QED) is 0.175. The predicted molar refractivity (Wildman–Crippen MR) is 202 cm³/mol. The number of hydrogen-bond acceptors (Lipinski definition) is 3. The molecule has 0 saturated heterocycles. The number of aromatic nitrogens is 2. The number of carbonyl (C=O) groups is 1. The number of hydrogen-bond donors (Lipinski definition) is 2. The van der Waals surface area contributed by atoms with E-state index in [9.17, 15) is 9.90 Å². The Morgan fingerprint density at radius 2 is 1.78 bits per heavy atom. The number of imidazole rings is 1. The Balaban J connectivity index is 1.22. The Kier molecular flexibility index (Phi) is 10.2. The van der Waals surface area contributed by atoms with Gasteiger partial charge < -0.3 is 15.0 Å². The highest BCUT2D eigenvalue weighted by Crippen LogP contribution is 2.75. The molecule has 4 aliphatic carbocycles. The Bertz CT molecular complexity index is 1540. The number of fused-ring (bicyclic) bond motifs is 5. The van der Waals surface area contributed by atoms with Gasteiger partial charge in [0.05, 0.1) is 5.56 Å². The van der Waals surface area contributed by atoms with Gasteiger partial charge in [-0.1, -0.05) is 71.4 Å². The van der Waals surface area contributed by atoms with Crippen molar-refractivity contribution in [2.75, 3.05) is 13.1 Å². The summed E-state index contributed by atoms with van der Waals surface area (Å²) in [5.41, 5.74) is 5.66. The molecule has 0 radical (unpaired) electrons. The smallest absolute Gasteiger partial charge is 0.335 e. The maximum atomic E-state index is 11.5. The number of aryl methyl sites for hydroxylation is 2. The topological polar surface area (TPSA) is 67.2 Å². The van der Waals surface area contributed by atoms with Crippen LogP contribution in [0, 0.1) is 58.2 Å². The molecule has 268 valence electrons. The zero-order valence-corrected chi connectivity index (χ0v) is 31.8. The molecule has 1 aromatic heterocycles. The standard InChI is InChI=1S/C44H65N3O2/c1-30(2)35(33-11-13-34(14-12-33)40(48)49)17-21-41(6)19-9-20-43(8)38(41)16-15-37-39-36(31(3)4)18-22-44(39,24-23-42(37,43)7)29-45-25-10-27-47-28-26-46-32(47)5/h11-14,17,26,28,30,36-39,45H,3,9-10,15-16,18-25,27,29H2,1-2,4-8H3,(H,48,49). The van der Waals surface area contributed by atoms with Gasteiger partial charge in [0.1, 0.15) is 5.82 Å². The first kappa shape index (κ1) is 36.1. The van der Waals surface area contributed by atoms with E-state index >= 15 is 0 Å². The maximum absolute atomic E-state index is 11.5. The zero-order valence-electron chi connectivity index (χ0n) is 31.8. The van der Waals surface area contributed by atoms with Gasteiger partial charge in [-0.25, -0.2) is 9.78 Å². The highest BCUT2D eigenvalue weighted by atomic mass is 16.4. The summed E-state index contributed by atoms with van der Waals surface area (Å²) in [6, 6.07) is 7.55. The lowest BCUT2D eigenvalue weighted by atomic mass is 9.35. The molecule has 5 heteroatoms. The number of nitrogens with zero attached hydrogens (tertiary/aromatic N) is 2. The van der Waals surface area contributed by atoms with Crippen LogP contribution in [0.5, 0.6) is 0 Å². The summed E-state index contributed by atoms with van der Waals surface area (Å²) >= 11 is 0. The van der Waals surface area contributed by atoms with Crippen LogP contribution in [0.25, 0.3) is 5.57 Å². The van der Waals surface area contributed by atoms with E-state index in [1.165, 1.54) is 74.5 Å². The molecule has 0 aliphatic heterocycles. The van der Waals surface area contributed by atoms with Crippen molar-refractivity contribution in [3.05, 3.63) is 71.8 Å². The molecule has 4 saturated carbocycles. The molecule has 8 unspecified atom stereocenters. The highest BCUT2D eigenvalue weighted by molar-refractivity contribution is 5.88. The number of benzene rings is 1. The van der Waals surface area contributed by atoms with Crippen molar-refractivity contribution in [3.8, 4) is 0 Å². The second kappa shape index (κ2) is 13.8. The van der Waals surface area contributed by atoms with E-state index in [0.717, 1.165) is 56.1 Å². The molecule has 6 rings (SSSR count). The fraction of sp³-hybridized carbons (Fsp3) is 0.682. The van der Waals surface area contributed by atoms with E-state index in [1.54, 1.807) is 12.1 Å². The van der Waals surface area contributed by atoms with Crippen LogP contribution in [-0.4, -0.2) is 33.7 Å². The van der Waals surface area contributed by atoms with Crippen molar-refractivity contribution in [3.63, 3.8) is 0 Å². The number of nitrogens with one attached hydrogen (secondary N) is 1. The summed E-state index contributed by atoms with van der Waals surface area (Å²) in [6.07, 6.45) is 20.9. The average molecular weight is 668 g/mol. The fourth-order valence-electron chi connectivity index (χ4n) is 12.5. The third kappa shape index (κ3) is 6.40. The van der Waals surface area contributed by atoms with Crippen molar-refractivity contribution in [1.29, 1.82) is 0 Å². The van der Waals surface area contributed by atoms with Crippen molar-refractivity contribution >= 4 is 11.5 Å². The van der Waals surface area contributed by atoms with Gasteiger partial charge in [0.15, 0.2) is 0 Å². The lowest BCUT2D eigenvalue weighted by Crippen LogP contribution is -2.63. The van der Waals surface area contributed by atoms with E-state index < -0.39 is 5.97 Å². The maximum Gasteiger partial charge on any atom is 0.335 e. The van der Waals surface area contributed by atoms with E-state index in [4.69, 9.17) is 0 Å². The average Bonchev–Trinajstić information content (AvgIpc) is 3.65. The first-order chi connectivity index (χ1) is 23.2. The summed E-state index contributed by atoms with van der Waals surface area (Å²) in [5.74, 6) is 3.50. The Labute approximate surface area is 297 Å². The van der Waals surface area contributed by atoms with Crippen LogP contribution in [0.2, 0.25) is 0 Å². The van der Waals surface area contributed by atoms with Crippen LogP contribution in [-0.2, 0) is 6.54 Å². The Morgan fingerprint density at radius 1 is 1.04 bits per heavy atom. The van der Waals surface area contributed by atoms with E-state index in [-0.39, 0.29) is 5.41 Å². The van der Waals surface area contributed by atoms with Crippen molar-refractivity contribution in [2.24, 2.45) is 51.2 Å². The van der Waals surface area contributed by atoms with Crippen molar-refractivity contribution < 1.29 is 9.90 Å². The summed E-state index contributed by atoms with van der Waals surface area (Å²) in [4.78, 5) is 15.9. The van der Waals surface area contributed by atoms with Crippen LogP contribution in [0.4, 0.5) is 0 Å². The molecule has 4 aliphatic rings. The van der Waals surface area contributed by atoms with Gasteiger partial charge in [-0.3, -0.25) is 0 Å². The molecule has 2 aromatic rings. The number of aromatic carboxylic acids is 1. The highest BCUT2D eigenvalue weighted by Gasteiger charge is 2.67. The van der Waals surface area contributed by atoms with Crippen LogP contribution < -0.4 is 5.32 Å². The Hall–Kier alpha value is -2.66. The predicted octanol–water partition coefficient (Wildman–Crippen LogP) is 10.6. The number of carboxylic acid groups (broad SMARTS) is 1. The van der Waals surface area contributed by atoms with Crippen LogP contribution in [0.1, 0.15) is 134 Å². The van der Waals surface area contributed by atoms with Crippen molar-refractivity contribution in [2.45, 2.75) is 126 Å². The molecule has 5 nitrogen and oxygen atoms in total. The minimum absolute atomic E-state index is 0.273. The van der Waals surface area contributed by atoms with Crippen LogP contribution in [0.15, 0.2) is 54.9 Å². The number of rotatable bonds is 12. The largest absolute Gasteiger partial charge is 0.478 e. The second-order valence-electron chi connectivity index (χ2n) is 18.1. The van der Waals surface area contributed by atoms with Crippen molar-refractivity contribution in [1.82, 2.24) is 14.9 Å². The second-order valence-corrected chi connectivity index (χ2v) is 18.1. The monoisotopic (exact) mass is 668 g/mol. The summed E-state index contributed by atoms with van der Waals surface area (Å²) < 4.78 is 2.27. The molecule has 1 heterocycles. The molecule has 0 amide bonds. The van der Waals surface area contributed by atoms with Gasteiger partial charge in [-0.2, -0.15) is 0 Å². The van der Waals surface area contributed by atoms with E-state index in [0.29, 0.717) is 33.6 Å². The summed E-state index contributed by atoms with van der Waals surface area (Å²) in [6.45, 7) is 25.0. The summed E-state index contributed by atoms with van der Waals surface area (Å²) in [5, 5.41) is 13.4. The van der Waals surface area contributed by atoms with Gasteiger partial charge in [-0.05, 0) is 159 Å². The van der Waals surface area contributed by atoms with E-state index in [1.807, 2.05) is 18.3 Å². The van der Waals surface area contributed by atoms with E-state index in [2.05, 4.69) is 82.2 Å². The molecular formula is C44H65N3O2. The SMILES string of the molecule is C=C(C)C1CCC2(CNCCCn3ccnc3C)CCC3(C)C(CCC4C(C)(CC=C(c5ccc(C(=O)O)cc5)C(C)C)CCCC43C)C12. The third-order valence-corrected chi connectivity index (χ3v) is 15.3. The molecule has 1 aromatic carbocycles. The van der Waals surface area contributed by atoms with Gasteiger partial charge in [-0.15, -0.1) is 0 Å². The molecule has 2 N–H and O–H groups in total. The van der Waals surface area contributed by atoms with Crippen LogP contribution >= 0.6 is 0 Å². The third-order valence-electron chi connectivity index (χ3n) is 15.3. The molecule has 4 fully saturated rings. The molecule has 8 atom stereocenters. The number of allylic oxidation sites excluding steroid dienone is 3. The number of carboxylic acids is 1. The van der Waals surface area contributed by atoms with Crippen LogP contribution in [0.3, 0.4) is 0 Å². The lowest BCUT2D eigenvalue weighted by molar-refractivity contribution is -0.204. The molecule has 0 bridgehead atoms. The minimum atomic E-state index is -0.861. The zero-order chi connectivity index (χ0) is 35.2. The lowest BCUT2D eigenvalue weighted by Gasteiger charge is -2.70. The summed E-state index contributed by atoms with van der Waals surface area (Å²) in [7, 11) is 0. The van der Waals surface area contributed by atoms with Gasteiger partial charge >= 0.3 is 5.97 Å². The fourth-order valence-corrected chi connectivity index (χ4v) is 12.5. The first-order valence-corrected chi connectivity index (χ1v) is 19.6. The molecule has 49 heavy (non-hydrogen) atoms. The first-order valence-electron chi connectivity index (χ1n) is 19.6. The minimum Gasteiger partial charge on any atom is -0.478 e. The van der Waals surface area contributed by atoms with Gasteiger partial charge in [0.2, 0.25) is 0 Å². The van der Waals surface area contributed by atoms with Gasteiger partial charge in [0.25, 0.3) is 0 Å².